The number of carboxylic acid groups (broad SMARTS) is 1. The van der Waals surface area contributed by atoms with Crippen LogP contribution in [0.4, 0.5) is 0 Å². The number of likely N-dealkylation sites (tertiary alicyclic amines) is 1. The van der Waals surface area contributed by atoms with Gasteiger partial charge in [0.05, 0.1) is 5.92 Å². The zero-order chi connectivity index (χ0) is 14.0. The van der Waals surface area contributed by atoms with Crippen molar-refractivity contribution in [1.82, 2.24) is 4.90 Å². The molecule has 2 rings (SSSR count). The van der Waals surface area contributed by atoms with E-state index in [1.54, 1.807) is 4.90 Å². The summed E-state index contributed by atoms with van der Waals surface area (Å²) in [5, 5.41) is 9.57. The molecule has 3 atom stereocenters. The first kappa shape index (κ1) is 14.1. The van der Waals surface area contributed by atoms with Gasteiger partial charge in [-0.15, -0.1) is 0 Å². The third kappa shape index (κ3) is 2.39. The summed E-state index contributed by atoms with van der Waals surface area (Å²) in [4.78, 5) is 25.8. The summed E-state index contributed by atoms with van der Waals surface area (Å²) in [5.74, 6) is -1.19. The number of nitrogens with two attached hydrogens (primary N) is 1. The summed E-state index contributed by atoms with van der Waals surface area (Å²) >= 11 is 0. The van der Waals surface area contributed by atoms with Gasteiger partial charge in [-0.1, -0.05) is 25.5 Å². The Morgan fingerprint density at radius 1 is 1.47 bits per heavy atom. The van der Waals surface area contributed by atoms with Crippen LogP contribution in [0, 0.1) is 5.92 Å². The molecule has 1 saturated heterocycles. The summed E-state index contributed by atoms with van der Waals surface area (Å²) in [6.07, 6.45) is 6.86. The van der Waals surface area contributed by atoms with Crippen molar-refractivity contribution in [2.45, 2.75) is 50.6 Å². The molecule has 0 spiro atoms. The molecule has 5 heteroatoms. The van der Waals surface area contributed by atoms with Gasteiger partial charge in [0.2, 0.25) is 5.91 Å². The average molecular weight is 266 g/mol. The van der Waals surface area contributed by atoms with Crippen LogP contribution in [-0.2, 0) is 9.59 Å². The van der Waals surface area contributed by atoms with Crippen LogP contribution in [0.1, 0.15) is 39.0 Å². The Hall–Kier alpha value is -1.36. The number of rotatable bonds is 4. The minimum Gasteiger partial charge on any atom is -0.479 e. The van der Waals surface area contributed by atoms with E-state index in [2.05, 4.69) is 0 Å². The van der Waals surface area contributed by atoms with Crippen LogP contribution in [-0.4, -0.2) is 40.0 Å². The van der Waals surface area contributed by atoms with Gasteiger partial charge >= 0.3 is 5.97 Å². The molecular formula is C14H22N2O3. The second kappa shape index (κ2) is 5.33. The number of amides is 1. The maximum Gasteiger partial charge on any atom is 0.329 e. The maximum absolute atomic E-state index is 12.5. The van der Waals surface area contributed by atoms with Crippen molar-refractivity contribution in [3.63, 3.8) is 0 Å². The summed E-state index contributed by atoms with van der Waals surface area (Å²) < 4.78 is 0. The highest BCUT2D eigenvalue weighted by Crippen LogP contribution is 2.36. The number of carbonyl (C=O) groups excluding carboxylic acids is 1. The molecule has 5 nitrogen and oxygen atoms in total. The van der Waals surface area contributed by atoms with Crippen LogP contribution >= 0.6 is 0 Å². The van der Waals surface area contributed by atoms with Crippen molar-refractivity contribution in [1.29, 1.82) is 0 Å². The van der Waals surface area contributed by atoms with Crippen LogP contribution in [0.3, 0.4) is 0 Å². The van der Waals surface area contributed by atoms with Gasteiger partial charge in [0, 0.05) is 12.6 Å². The molecule has 1 aliphatic heterocycles. The van der Waals surface area contributed by atoms with Crippen LogP contribution in [0.15, 0.2) is 12.2 Å². The second-order valence-corrected chi connectivity index (χ2v) is 5.57. The van der Waals surface area contributed by atoms with Crippen LogP contribution in [0.2, 0.25) is 0 Å². The van der Waals surface area contributed by atoms with Crippen molar-refractivity contribution in [3.05, 3.63) is 12.2 Å². The molecule has 1 aliphatic carbocycles. The minimum absolute atomic E-state index is 0.0717. The fourth-order valence-electron chi connectivity index (χ4n) is 3.31. The largest absolute Gasteiger partial charge is 0.479 e. The summed E-state index contributed by atoms with van der Waals surface area (Å²) in [6, 6.07) is -0.0815. The lowest BCUT2D eigenvalue weighted by molar-refractivity contribution is -0.158. The highest BCUT2D eigenvalue weighted by Gasteiger charge is 2.50. The Bertz CT molecular complexity index is 407. The third-order valence-electron chi connectivity index (χ3n) is 4.25. The highest BCUT2D eigenvalue weighted by atomic mass is 16.4. The van der Waals surface area contributed by atoms with Gasteiger partial charge in [0.25, 0.3) is 0 Å². The Balaban J connectivity index is 2.19. The number of carboxylic acids is 1. The topological polar surface area (TPSA) is 83.6 Å². The molecule has 0 aromatic carbocycles. The Labute approximate surface area is 113 Å². The molecule has 0 saturated carbocycles. The fourth-order valence-corrected chi connectivity index (χ4v) is 3.31. The normalized spacial score (nSPS) is 33.9. The summed E-state index contributed by atoms with van der Waals surface area (Å²) in [5.41, 5.74) is 4.78. The molecular weight excluding hydrogens is 244 g/mol. The zero-order valence-electron chi connectivity index (χ0n) is 11.3. The zero-order valence-corrected chi connectivity index (χ0v) is 11.3. The minimum atomic E-state index is -0.994. The molecule has 1 fully saturated rings. The molecule has 3 N–H and O–H groups in total. The number of nitrogens with zero attached hydrogens (tertiary/aromatic N) is 1. The monoisotopic (exact) mass is 266 g/mol. The summed E-state index contributed by atoms with van der Waals surface area (Å²) in [6.45, 7) is 2.50. The van der Waals surface area contributed by atoms with E-state index in [1.807, 2.05) is 19.1 Å². The number of hydrogen-bond donors (Lipinski definition) is 2. The fraction of sp³-hybridized carbons (Fsp3) is 0.714. The smallest absolute Gasteiger partial charge is 0.329 e. The van der Waals surface area contributed by atoms with E-state index in [9.17, 15) is 14.7 Å². The van der Waals surface area contributed by atoms with E-state index in [0.29, 0.717) is 25.8 Å². The molecule has 1 amide bonds. The molecule has 0 aromatic heterocycles. The molecule has 0 radical (unpaired) electrons. The molecule has 1 heterocycles. The van der Waals surface area contributed by atoms with Crippen molar-refractivity contribution >= 4 is 11.9 Å². The molecule has 2 aliphatic rings. The lowest BCUT2D eigenvalue weighted by Gasteiger charge is -2.36. The van der Waals surface area contributed by atoms with E-state index in [0.717, 1.165) is 12.8 Å². The van der Waals surface area contributed by atoms with E-state index in [-0.39, 0.29) is 17.9 Å². The van der Waals surface area contributed by atoms with Crippen molar-refractivity contribution in [3.8, 4) is 0 Å². The second-order valence-electron chi connectivity index (χ2n) is 5.57. The molecule has 0 aromatic rings. The maximum atomic E-state index is 12.5. The van der Waals surface area contributed by atoms with Crippen LogP contribution < -0.4 is 5.73 Å². The molecule has 3 unspecified atom stereocenters. The van der Waals surface area contributed by atoms with Crippen molar-refractivity contribution in [2.24, 2.45) is 11.7 Å². The quantitative estimate of drug-likeness (QED) is 0.747. The van der Waals surface area contributed by atoms with E-state index in [4.69, 9.17) is 5.73 Å². The van der Waals surface area contributed by atoms with Crippen LogP contribution in [0.5, 0.6) is 0 Å². The summed E-state index contributed by atoms with van der Waals surface area (Å²) in [7, 11) is 0. The van der Waals surface area contributed by atoms with Gasteiger partial charge in [-0.2, -0.15) is 0 Å². The predicted octanol–water partition coefficient (Wildman–Crippen LogP) is 1.14. The standard InChI is InChI=1S/C14H22N2O3/c1-2-6-14(13(18)19)7-3-8-16(14)12(17)10-4-5-11(15)9-10/h4-5,10-11H,2-3,6-9,15H2,1H3,(H,18,19). The number of aliphatic carboxylic acids is 1. The predicted molar refractivity (Wildman–Crippen MR) is 71.4 cm³/mol. The van der Waals surface area contributed by atoms with Gasteiger partial charge in [0.1, 0.15) is 5.54 Å². The van der Waals surface area contributed by atoms with Gasteiger partial charge in [0.15, 0.2) is 0 Å². The lowest BCUT2D eigenvalue weighted by atomic mass is 9.89. The lowest BCUT2D eigenvalue weighted by Crippen LogP contribution is -2.54. The van der Waals surface area contributed by atoms with Crippen molar-refractivity contribution < 1.29 is 14.7 Å². The Kier molecular flexibility index (Phi) is 3.94. The van der Waals surface area contributed by atoms with Gasteiger partial charge in [-0.25, -0.2) is 4.79 Å². The number of hydrogen-bond acceptors (Lipinski definition) is 3. The first-order valence-electron chi connectivity index (χ1n) is 7.00. The SMILES string of the molecule is CCCC1(C(=O)O)CCCN1C(=O)C1C=CC(N)C1. The van der Waals surface area contributed by atoms with Gasteiger partial charge in [-0.3, -0.25) is 4.79 Å². The molecule has 106 valence electrons. The Morgan fingerprint density at radius 2 is 2.21 bits per heavy atom. The van der Waals surface area contributed by atoms with Crippen molar-refractivity contribution in [2.75, 3.05) is 6.54 Å². The van der Waals surface area contributed by atoms with E-state index < -0.39 is 11.5 Å². The first-order valence-corrected chi connectivity index (χ1v) is 7.00. The van der Waals surface area contributed by atoms with E-state index >= 15 is 0 Å². The molecule has 19 heavy (non-hydrogen) atoms. The third-order valence-corrected chi connectivity index (χ3v) is 4.25. The van der Waals surface area contributed by atoms with E-state index in [1.165, 1.54) is 0 Å². The average Bonchev–Trinajstić information content (AvgIpc) is 2.96. The Morgan fingerprint density at radius 3 is 2.74 bits per heavy atom. The van der Waals surface area contributed by atoms with Crippen LogP contribution in [0.25, 0.3) is 0 Å². The number of carbonyl (C=O) groups is 2. The van der Waals surface area contributed by atoms with Gasteiger partial charge < -0.3 is 15.7 Å². The molecule has 0 bridgehead atoms. The first-order chi connectivity index (χ1) is 9.01. The highest BCUT2D eigenvalue weighted by molar-refractivity contribution is 5.90. The van der Waals surface area contributed by atoms with Gasteiger partial charge in [-0.05, 0) is 25.7 Å².